The summed E-state index contributed by atoms with van der Waals surface area (Å²) in [7, 11) is -2.04. The lowest BCUT2D eigenvalue weighted by molar-refractivity contribution is 0.0136. The van der Waals surface area contributed by atoms with Crippen LogP contribution in [-0.2, 0) is 13.3 Å². The lowest BCUT2D eigenvalue weighted by atomic mass is 10.2. The Kier molecular flexibility index (Phi) is 14.7. The van der Waals surface area contributed by atoms with E-state index < -0.39 is 9.53 Å². The van der Waals surface area contributed by atoms with Crippen molar-refractivity contribution in [1.29, 1.82) is 0 Å². The van der Waals surface area contributed by atoms with Crippen LogP contribution in [0.4, 0.5) is 0 Å². The van der Waals surface area contributed by atoms with Crippen molar-refractivity contribution < 1.29 is 13.3 Å². The average Bonchev–Trinajstić information content (AvgIpc) is 2.48. The monoisotopic (exact) mass is 332 g/mol. The first-order valence-corrected chi connectivity index (χ1v) is 10.9. The molecule has 22 heavy (non-hydrogen) atoms. The summed E-state index contributed by atoms with van der Waals surface area (Å²) in [4.78, 5) is 0. The van der Waals surface area contributed by atoms with Crippen molar-refractivity contribution in [3.63, 3.8) is 0 Å². The maximum Gasteiger partial charge on any atom is 0.484 e. The third kappa shape index (κ3) is 12.6. The van der Waals surface area contributed by atoms with Crippen LogP contribution in [0.1, 0.15) is 99.3 Å². The van der Waals surface area contributed by atoms with Gasteiger partial charge in [-0.3, -0.25) is 0 Å². The normalized spacial score (nSPS) is 17.2. The highest BCUT2D eigenvalue weighted by molar-refractivity contribution is 6.36. The van der Waals surface area contributed by atoms with Gasteiger partial charge in [0.25, 0.3) is 0 Å². The molecule has 3 atom stereocenters. The van der Waals surface area contributed by atoms with Crippen LogP contribution >= 0.6 is 0 Å². The molecule has 134 valence electrons. The Hall–Kier alpha value is 0.0969. The minimum Gasteiger partial charge on any atom is -0.373 e. The van der Waals surface area contributed by atoms with Gasteiger partial charge in [0.2, 0.25) is 0 Å². The topological polar surface area (TPSA) is 27.7 Å². The molecule has 0 spiro atoms. The predicted molar refractivity (Wildman–Crippen MR) is 97.4 cm³/mol. The van der Waals surface area contributed by atoms with Gasteiger partial charge >= 0.3 is 9.53 Å². The van der Waals surface area contributed by atoms with E-state index in [9.17, 15) is 0 Å². The van der Waals surface area contributed by atoms with Crippen molar-refractivity contribution in [2.75, 3.05) is 0 Å². The molecule has 3 nitrogen and oxygen atoms in total. The fraction of sp³-hybridized carbons (Fsp3) is 1.00. The van der Waals surface area contributed by atoms with Gasteiger partial charge in [-0.1, -0.05) is 59.3 Å². The van der Waals surface area contributed by atoms with E-state index in [4.69, 9.17) is 13.3 Å². The van der Waals surface area contributed by atoms with Gasteiger partial charge in [0.05, 0.1) is 0 Å². The van der Waals surface area contributed by atoms with Gasteiger partial charge in [0.1, 0.15) is 0 Å². The molecule has 0 aliphatic heterocycles. The third-order valence-corrected chi connectivity index (χ3v) is 5.98. The third-order valence-electron chi connectivity index (χ3n) is 3.92. The molecule has 0 aliphatic rings. The summed E-state index contributed by atoms with van der Waals surface area (Å²) in [5, 5.41) is 0. The molecular weight excluding hydrogens is 292 g/mol. The van der Waals surface area contributed by atoms with Gasteiger partial charge in [-0.15, -0.1) is 0 Å². The molecule has 0 heterocycles. The summed E-state index contributed by atoms with van der Waals surface area (Å²) in [6.45, 7) is 13.1. The molecule has 0 bridgehead atoms. The smallest absolute Gasteiger partial charge is 0.373 e. The molecule has 3 unspecified atom stereocenters. The van der Waals surface area contributed by atoms with Crippen LogP contribution in [0.15, 0.2) is 0 Å². The van der Waals surface area contributed by atoms with Crippen molar-refractivity contribution in [2.24, 2.45) is 0 Å². The van der Waals surface area contributed by atoms with Gasteiger partial charge in [0.15, 0.2) is 0 Å². The lowest BCUT2D eigenvalue weighted by Gasteiger charge is -2.26. The van der Waals surface area contributed by atoms with Crippen molar-refractivity contribution in [1.82, 2.24) is 0 Å². The first-order valence-electron chi connectivity index (χ1n) is 9.49. The zero-order chi connectivity index (χ0) is 16.8. The fourth-order valence-electron chi connectivity index (χ4n) is 2.34. The molecule has 0 aromatic heterocycles. The zero-order valence-electron chi connectivity index (χ0n) is 15.9. The Morgan fingerprint density at radius 1 is 0.591 bits per heavy atom. The maximum absolute atomic E-state index is 6.15. The first kappa shape index (κ1) is 22.1. The van der Waals surface area contributed by atoms with Crippen LogP contribution in [-0.4, -0.2) is 27.8 Å². The molecule has 0 aromatic carbocycles. The summed E-state index contributed by atoms with van der Waals surface area (Å²) in [5.41, 5.74) is 0. The predicted octanol–water partition coefficient (Wildman–Crippen LogP) is 5.49. The van der Waals surface area contributed by atoms with E-state index in [-0.39, 0.29) is 18.3 Å². The molecule has 0 amide bonds. The first-order chi connectivity index (χ1) is 10.5. The summed E-state index contributed by atoms with van der Waals surface area (Å²) in [6, 6.07) is 0. The van der Waals surface area contributed by atoms with E-state index in [0.717, 1.165) is 19.3 Å². The minimum absolute atomic E-state index is 0.244. The molecule has 0 fully saturated rings. The van der Waals surface area contributed by atoms with Crippen molar-refractivity contribution in [3.05, 3.63) is 0 Å². The highest BCUT2D eigenvalue weighted by Gasteiger charge is 2.24. The van der Waals surface area contributed by atoms with E-state index in [2.05, 4.69) is 41.5 Å². The molecular formula is C18H40O3Si. The van der Waals surface area contributed by atoms with Gasteiger partial charge < -0.3 is 13.3 Å². The van der Waals surface area contributed by atoms with Gasteiger partial charge in [-0.25, -0.2) is 0 Å². The number of hydrogen-bond donors (Lipinski definition) is 0. The van der Waals surface area contributed by atoms with E-state index in [1.165, 1.54) is 38.5 Å². The molecule has 0 rings (SSSR count). The minimum atomic E-state index is -2.04. The summed E-state index contributed by atoms with van der Waals surface area (Å²) >= 11 is 0. The van der Waals surface area contributed by atoms with Gasteiger partial charge in [-0.05, 0) is 40.0 Å². The molecule has 0 aliphatic carbocycles. The number of rotatable bonds is 15. The van der Waals surface area contributed by atoms with E-state index in [1.807, 2.05) is 0 Å². The van der Waals surface area contributed by atoms with Gasteiger partial charge in [-0.2, -0.15) is 0 Å². The Balaban J connectivity index is 4.34. The fourth-order valence-corrected chi connectivity index (χ4v) is 4.08. The quantitative estimate of drug-likeness (QED) is 0.371. The number of hydrogen-bond acceptors (Lipinski definition) is 3. The van der Waals surface area contributed by atoms with E-state index in [1.54, 1.807) is 0 Å². The SMILES string of the molecule is CCCCC(C)O[SiH](OC(C)CCCC)OC(C)CCCC. The van der Waals surface area contributed by atoms with Crippen LogP contribution in [0.25, 0.3) is 0 Å². The largest absolute Gasteiger partial charge is 0.484 e. The molecule has 4 heteroatoms. The van der Waals surface area contributed by atoms with Crippen molar-refractivity contribution in [3.8, 4) is 0 Å². The Bertz CT molecular complexity index is 200. The Morgan fingerprint density at radius 3 is 1.09 bits per heavy atom. The zero-order valence-corrected chi connectivity index (χ0v) is 17.1. The highest BCUT2D eigenvalue weighted by atomic mass is 28.3. The lowest BCUT2D eigenvalue weighted by Crippen LogP contribution is -2.37. The molecule has 0 saturated heterocycles. The molecule has 0 saturated carbocycles. The van der Waals surface area contributed by atoms with Crippen molar-refractivity contribution in [2.45, 2.75) is 118 Å². The molecule has 0 N–H and O–H groups in total. The Labute approximate surface area is 141 Å². The van der Waals surface area contributed by atoms with Crippen LogP contribution < -0.4 is 0 Å². The van der Waals surface area contributed by atoms with Crippen molar-refractivity contribution >= 4 is 9.53 Å². The summed E-state index contributed by atoms with van der Waals surface area (Å²) in [6.07, 6.45) is 11.3. The van der Waals surface area contributed by atoms with Crippen LogP contribution in [0, 0.1) is 0 Å². The number of unbranched alkanes of at least 4 members (excludes halogenated alkanes) is 3. The van der Waals surface area contributed by atoms with Crippen LogP contribution in [0.3, 0.4) is 0 Å². The maximum atomic E-state index is 6.15. The average molecular weight is 333 g/mol. The van der Waals surface area contributed by atoms with Gasteiger partial charge in [0, 0.05) is 18.3 Å². The second kappa shape index (κ2) is 14.7. The second-order valence-electron chi connectivity index (χ2n) is 6.56. The summed E-state index contributed by atoms with van der Waals surface area (Å²) < 4.78 is 18.4. The Morgan fingerprint density at radius 2 is 0.864 bits per heavy atom. The van der Waals surface area contributed by atoms with E-state index in [0.29, 0.717) is 0 Å². The summed E-state index contributed by atoms with van der Waals surface area (Å²) in [5.74, 6) is 0. The molecule has 0 aromatic rings. The van der Waals surface area contributed by atoms with Crippen LogP contribution in [0.5, 0.6) is 0 Å². The molecule has 0 radical (unpaired) electrons. The van der Waals surface area contributed by atoms with Crippen LogP contribution in [0.2, 0.25) is 0 Å². The second-order valence-corrected chi connectivity index (χ2v) is 7.95. The van der Waals surface area contributed by atoms with E-state index >= 15 is 0 Å². The standard InChI is InChI=1S/C18H40O3Si/c1-7-10-13-16(4)19-22(20-17(5)14-11-8-2)21-18(6)15-12-9-3/h16-18,22H,7-15H2,1-6H3. The highest BCUT2D eigenvalue weighted by Crippen LogP contribution is 2.14.